The Balaban J connectivity index is 3.27. The van der Waals surface area contributed by atoms with Gasteiger partial charge in [-0.3, -0.25) is 0 Å². The first-order chi connectivity index (χ1) is 6.53. The molecule has 0 spiro atoms. The minimum atomic E-state index is -3.11. The number of alkyl halides is 2. The van der Waals surface area contributed by atoms with Crippen molar-refractivity contribution in [2.75, 3.05) is 13.7 Å². The van der Waals surface area contributed by atoms with E-state index in [-0.39, 0.29) is 16.3 Å². The van der Waals surface area contributed by atoms with Crippen LogP contribution in [-0.2, 0) is 5.92 Å². The smallest absolute Gasteiger partial charge is 0.288 e. The lowest BCUT2D eigenvalue weighted by Gasteiger charge is -2.17. The maximum atomic E-state index is 13.2. The molecule has 0 heterocycles. The van der Waals surface area contributed by atoms with Crippen molar-refractivity contribution in [3.63, 3.8) is 0 Å². The van der Waals surface area contributed by atoms with E-state index in [2.05, 4.69) is 0 Å². The lowest BCUT2D eigenvalue weighted by atomic mass is 10.1. The van der Waals surface area contributed by atoms with Gasteiger partial charge in [0.2, 0.25) is 0 Å². The second kappa shape index (κ2) is 4.11. The van der Waals surface area contributed by atoms with E-state index in [9.17, 15) is 8.78 Å². The average molecular weight is 222 g/mol. The lowest BCUT2D eigenvalue weighted by molar-refractivity contribution is 0.00371. The Morgan fingerprint density at radius 3 is 2.64 bits per heavy atom. The molecule has 0 aliphatic heterocycles. The molecule has 78 valence electrons. The van der Waals surface area contributed by atoms with Crippen molar-refractivity contribution in [2.24, 2.45) is 5.73 Å². The molecule has 0 atom stereocenters. The van der Waals surface area contributed by atoms with Gasteiger partial charge < -0.3 is 10.5 Å². The first-order valence-corrected chi connectivity index (χ1v) is 4.31. The van der Waals surface area contributed by atoms with Crippen LogP contribution >= 0.6 is 11.6 Å². The maximum Gasteiger partial charge on any atom is 0.288 e. The maximum absolute atomic E-state index is 13.2. The molecule has 1 aromatic rings. The van der Waals surface area contributed by atoms with Crippen molar-refractivity contribution in [1.82, 2.24) is 0 Å². The van der Waals surface area contributed by atoms with Gasteiger partial charge in [0.1, 0.15) is 5.75 Å². The Bertz CT molecular complexity index is 331. The summed E-state index contributed by atoms with van der Waals surface area (Å²) in [4.78, 5) is 0. The molecule has 1 rings (SSSR count). The zero-order valence-corrected chi connectivity index (χ0v) is 8.31. The van der Waals surface area contributed by atoms with Crippen LogP contribution in [0.1, 0.15) is 5.56 Å². The second-order valence-corrected chi connectivity index (χ2v) is 3.14. The Hall–Kier alpha value is -0.870. The molecular formula is C9H10ClF2NO. The highest BCUT2D eigenvalue weighted by atomic mass is 35.5. The molecule has 2 N–H and O–H groups in total. The highest BCUT2D eigenvalue weighted by Crippen LogP contribution is 2.38. The van der Waals surface area contributed by atoms with Crippen LogP contribution in [0.4, 0.5) is 8.78 Å². The topological polar surface area (TPSA) is 35.2 Å². The second-order valence-electron chi connectivity index (χ2n) is 2.73. The van der Waals surface area contributed by atoms with Gasteiger partial charge in [0.15, 0.2) is 0 Å². The number of halogens is 3. The van der Waals surface area contributed by atoms with E-state index in [0.29, 0.717) is 0 Å². The molecule has 0 amide bonds. The molecule has 1 aromatic carbocycles. The van der Waals surface area contributed by atoms with Crippen LogP contribution in [0.25, 0.3) is 0 Å². The molecule has 0 aliphatic carbocycles. The van der Waals surface area contributed by atoms with Gasteiger partial charge in [0, 0.05) is 0 Å². The van der Waals surface area contributed by atoms with Crippen LogP contribution in [0, 0.1) is 0 Å². The highest BCUT2D eigenvalue weighted by molar-refractivity contribution is 6.32. The number of methoxy groups -OCH3 is 1. The molecule has 0 aromatic heterocycles. The standard InChI is InChI=1S/C9H10ClF2NO/c1-14-8-6(9(11,12)5-13)3-2-4-7(8)10/h2-4H,5,13H2,1H3. The van der Waals surface area contributed by atoms with Gasteiger partial charge in [-0.05, 0) is 12.1 Å². The van der Waals surface area contributed by atoms with Gasteiger partial charge in [-0.25, -0.2) is 0 Å². The van der Waals surface area contributed by atoms with E-state index in [0.717, 1.165) is 0 Å². The van der Waals surface area contributed by atoms with Crippen molar-refractivity contribution in [3.05, 3.63) is 28.8 Å². The van der Waals surface area contributed by atoms with Crippen LogP contribution in [0.2, 0.25) is 5.02 Å². The molecule has 2 nitrogen and oxygen atoms in total. The normalized spacial score (nSPS) is 11.5. The third-order valence-corrected chi connectivity index (χ3v) is 2.12. The van der Waals surface area contributed by atoms with Crippen molar-refractivity contribution in [2.45, 2.75) is 5.92 Å². The predicted molar refractivity (Wildman–Crippen MR) is 51.0 cm³/mol. The van der Waals surface area contributed by atoms with Gasteiger partial charge >= 0.3 is 0 Å². The number of hydrogen-bond donors (Lipinski definition) is 1. The molecule has 0 saturated carbocycles. The number of rotatable bonds is 3. The summed E-state index contributed by atoms with van der Waals surface area (Å²) in [6, 6.07) is 4.16. The van der Waals surface area contributed by atoms with Gasteiger partial charge in [-0.2, -0.15) is 8.78 Å². The van der Waals surface area contributed by atoms with E-state index >= 15 is 0 Å². The summed E-state index contributed by atoms with van der Waals surface area (Å²) < 4.78 is 31.3. The van der Waals surface area contributed by atoms with Crippen molar-refractivity contribution < 1.29 is 13.5 Å². The molecule has 0 fully saturated rings. The molecular weight excluding hydrogens is 212 g/mol. The summed E-state index contributed by atoms with van der Waals surface area (Å²) in [7, 11) is 1.29. The average Bonchev–Trinajstić information content (AvgIpc) is 2.17. The molecule has 0 aliphatic rings. The fraction of sp³-hybridized carbons (Fsp3) is 0.333. The molecule has 0 radical (unpaired) electrons. The van der Waals surface area contributed by atoms with Crippen LogP contribution in [0.15, 0.2) is 18.2 Å². The first-order valence-electron chi connectivity index (χ1n) is 3.94. The van der Waals surface area contributed by atoms with Crippen molar-refractivity contribution >= 4 is 11.6 Å². The van der Waals surface area contributed by atoms with E-state index in [4.69, 9.17) is 22.1 Å². The molecule has 0 saturated heterocycles. The Morgan fingerprint density at radius 2 is 2.14 bits per heavy atom. The van der Waals surface area contributed by atoms with Crippen molar-refractivity contribution in [1.29, 1.82) is 0 Å². The van der Waals surface area contributed by atoms with Crippen molar-refractivity contribution in [3.8, 4) is 5.75 Å². The monoisotopic (exact) mass is 221 g/mol. The summed E-state index contributed by atoms with van der Waals surface area (Å²) in [5.41, 5.74) is 4.68. The zero-order valence-electron chi connectivity index (χ0n) is 7.56. The summed E-state index contributed by atoms with van der Waals surface area (Å²) in [5, 5.41) is 0.151. The fourth-order valence-corrected chi connectivity index (χ4v) is 1.37. The van der Waals surface area contributed by atoms with E-state index in [1.54, 1.807) is 0 Å². The predicted octanol–water partition coefficient (Wildman–Crippen LogP) is 2.40. The van der Waals surface area contributed by atoms with E-state index in [1.807, 2.05) is 0 Å². The SMILES string of the molecule is COc1c(Cl)cccc1C(F)(F)CN. The molecule has 0 unspecified atom stereocenters. The van der Waals surface area contributed by atoms with Gasteiger partial charge in [-0.15, -0.1) is 0 Å². The van der Waals surface area contributed by atoms with Crippen LogP contribution in [0.3, 0.4) is 0 Å². The largest absolute Gasteiger partial charge is 0.495 e. The number of ether oxygens (including phenoxy) is 1. The van der Waals surface area contributed by atoms with Crippen LogP contribution in [0.5, 0.6) is 5.75 Å². The lowest BCUT2D eigenvalue weighted by Crippen LogP contribution is -2.25. The minimum Gasteiger partial charge on any atom is -0.495 e. The number of benzene rings is 1. The molecule has 5 heteroatoms. The summed E-state index contributed by atoms with van der Waals surface area (Å²) >= 11 is 5.69. The van der Waals surface area contributed by atoms with E-state index in [1.165, 1.54) is 25.3 Å². The van der Waals surface area contributed by atoms with E-state index < -0.39 is 12.5 Å². The first kappa shape index (κ1) is 11.2. The number of para-hydroxylation sites is 1. The van der Waals surface area contributed by atoms with Gasteiger partial charge in [0.05, 0.1) is 24.2 Å². The quantitative estimate of drug-likeness (QED) is 0.851. The number of hydrogen-bond acceptors (Lipinski definition) is 2. The summed E-state index contributed by atoms with van der Waals surface area (Å²) in [6.07, 6.45) is 0. The summed E-state index contributed by atoms with van der Waals surface area (Å²) in [6.45, 7) is -0.774. The third kappa shape index (κ3) is 1.96. The summed E-state index contributed by atoms with van der Waals surface area (Å²) in [5.74, 6) is -3.14. The van der Waals surface area contributed by atoms with Gasteiger partial charge in [-0.1, -0.05) is 17.7 Å². The highest BCUT2D eigenvalue weighted by Gasteiger charge is 2.33. The Kier molecular flexibility index (Phi) is 3.29. The van der Waals surface area contributed by atoms with Crippen LogP contribution in [-0.4, -0.2) is 13.7 Å². The Labute approximate surface area is 85.6 Å². The molecule has 14 heavy (non-hydrogen) atoms. The number of nitrogens with two attached hydrogens (primary N) is 1. The fourth-order valence-electron chi connectivity index (χ4n) is 1.11. The minimum absolute atomic E-state index is 0.0235. The van der Waals surface area contributed by atoms with Crippen LogP contribution < -0.4 is 10.5 Å². The molecule has 0 bridgehead atoms. The zero-order chi connectivity index (χ0) is 10.8. The third-order valence-electron chi connectivity index (χ3n) is 1.82. The Morgan fingerprint density at radius 1 is 1.50 bits per heavy atom. The van der Waals surface area contributed by atoms with Gasteiger partial charge in [0.25, 0.3) is 5.92 Å².